The molecular weight excluding hydrogens is 378 g/mol. The number of methoxy groups -OCH3 is 4. The van der Waals surface area contributed by atoms with Crippen molar-refractivity contribution in [3.05, 3.63) is 47.5 Å². The SMILES string of the molecule is COc1ccc(CNC(=O)[C@H](C)OC(=O)c2cc(OC)c(OC)c(OC)c2)cc1. The Bertz CT molecular complexity index is 824. The summed E-state index contributed by atoms with van der Waals surface area (Å²) in [7, 11) is 5.94. The highest BCUT2D eigenvalue weighted by atomic mass is 16.6. The first-order valence-electron chi connectivity index (χ1n) is 8.85. The lowest BCUT2D eigenvalue weighted by Gasteiger charge is -2.16. The summed E-state index contributed by atoms with van der Waals surface area (Å²) in [5.74, 6) is 0.619. The van der Waals surface area contributed by atoms with E-state index < -0.39 is 18.0 Å². The van der Waals surface area contributed by atoms with E-state index in [1.54, 1.807) is 19.2 Å². The molecule has 2 aromatic carbocycles. The topological polar surface area (TPSA) is 92.3 Å². The standard InChI is InChI=1S/C21H25NO7/c1-13(20(23)22-12-14-6-8-16(25-2)9-7-14)29-21(24)15-10-17(26-3)19(28-5)18(11-15)27-4/h6-11,13H,12H2,1-5H3,(H,22,23)/t13-/m0/s1. The van der Waals surface area contributed by atoms with E-state index in [2.05, 4.69) is 5.32 Å². The summed E-state index contributed by atoms with van der Waals surface area (Å²) in [4.78, 5) is 24.7. The van der Waals surface area contributed by atoms with Crippen molar-refractivity contribution in [2.45, 2.75) is 19.6 Å². The van der Waals surface area contributed by atoms with Gasteiger partial charge in [-0.3, -0.25) is 4.79 Å². The molecule has 1 N–H and O–H groups in total. The quantitative estimate of drug-likeness (QED) is 0.644. The van der Waals surface area contributed by atoms with Crippen LogP contribution in [-0.2, 0) is 16.1 Å². The van der Waals surface area contributed by atoms with Gasteiger partial charge in [0.2, 0.25) is 5.75 Å². The van der Waals surface area contributed by atoms with E-state index in [-0.39, 0.29) is 5.56 Å². The van der Waals surface area contributed by atoms with Gasteiger partial charge in [-0.15, -0.1) is 0 Å². The molecule has 0 aliphatic heterocycles. The number of carbonyl (C=O) groups is 2. The van der Waals surface area contributed by atoms with Crippen molar-refractivity contribution in [3.63, 3.8) is 0 Å². The lowest BCUT2D eigenvalue weighted by Crippen LogP contribution is -2.35. The predicted octanol–water partition coefficient (Wildman–Crippen LogP) is 2.58. The van der Waals surface area contributed by atoms with Crippen LogP contribution in [-0.4, -0.2) is 46.4 Å². The van der Waals surface area contributed by atoms with Gasteiger partial charge in [-0.1, -0.05) is 12.1 Å². The van der Waals surface area contributed by atoms with E-state index >= 15 is 0 Å². The van der Waals surface area contributed by atoms with Gasteiger partial charge < -0.3 is 29.0 Å². The average Bonchev–Trinajstić information content (AvgIpc) is 2.76. The second-order valence-corrected chi connectivity index (χ2v) is 6.03. The molecule has 0 saturated heterocycles. The number of nitrogens with one attached hydrogen (secondary N) is 1. The minimum absolute atomic E-state index is 0.175. The molecule has 8 heteroatoms. The van der Waals surface area contributed by atoms with Gasteiger partial charge in [-0.2, -0.15) is 0 Å². The maximum Gasteiger partial charge on any atom is 0.339 e. The molecule has 0 fully saturated rings. The normalized spacial score (nSPS) is 11.2. The molecule has 0 saturated carbocycles. The fourth-order valence-electron chi connectivity index (χ4n) is 2.56. The Morgan fingerprint density at radius 3 is 1.97 bits per heavy atom. The number of hydrogen-bond acceptors (Lipinski definition) is 7. The minimum Gasteiger partial charge on any atom is -0.497 e. The van der Waals surface area contributed by atoms with Gasteiger partial charge in [0.05, 0.1) is 34.0 Å². The third-order valence-corrected chi connectivity index (χ3v) is 4.18. The molecular formula is C21H25NO7. The Kier molecular flexibility index (Phi) is 7.70. The zero-order chi connectivity index (χ0) is 21.4. The first-order chi connectivity index (χ1) is 13.9. The van der Waals surface area contributed by atoms with Crippen LogP contribution in [0.1, 0.15) is 22.8 Å². The largest absolute Gasteiger partial charge is 0.497 e. The molecule has 2 rings (SSSR count). The highest BCUT2D eigenvalue weighted by molar-refractivity contribution is 5.93. The van der Waals surface area contributed by atoms with E-state index in [1.165, 1.54) is 40.4 Å². The number of esters is 1. The van der Waals surface area contributed by atoms with Gasteiger partial charge in [0.1, 0.15) is 5.75 Å². The molecule has 29 heavy (non-hydrogen) atoms. The molecule has 0 unspecified atom stereocenters. The van der Waals surface area contributed by atoms with Crippen LogP contribution >= 0.6 is 0 Å². The molecule has 0 aliphatic carbocycles. The number of ether oxygens (including phenoxy) is 5. The first kappa shape index (κ1) is 21.9. The highest BCUT2D eigenvalue weighted by Crippen LogP contribution is 2.38. The second-order valence-electron chi connectivity index (χ2n) is 6.03. The average molecular weight is 403 g/mol. The Morgan fingerprint density at radius 1 is 0.897 bits per heavy atom. The maximum absolute atomic E-state index is 12.5. The van der Waals surface area contributed by atoms with E-state index in [9.17, 15) is 9.59 Å². The second kappa shape index (κ2) is 10.2. The van der Waals surface area contributed by atoms with Gasteiger partial charge in [-0.05, 0) is 36.8 Å². The summed E-state index contributed by atoms with van der Waals surface area (Å²) in [6.45, 7) is 1.80. The van der Waals surface area contributed by atoms with Gasteiger partial charge in [-0.25, -0.2) is 4.79 Å². The minimum atomic E-state index is -0.986. The summed E-state index contributed by atoms with van der Waals surface area (Å²) in [5.41, 5.74) is 1.07. The van der Waals surface area contributed by atoms with E-state index in [0.717, 1.165) is 11.3 Å². The number of carbonyl (C=O) groups excluding carboxylic acids is 2. The van der Waals surface area contributed by atoms with Crippen molar-refractivity contribution < 1.29 is 33.3 Å². The third-order valence-electron chi connectivity index (χ3n) is 4.18. The Labute approximate surface area is 169 Å². The lowest BCUT2D eigenvalue weighted by atomic mass is 10.1. The Hall–Kier alpha value is -3.42. The molecule has 0 spiro atoms. The summed E-state index contributed by atoms with van der Waals surface area (Å²) < 4.78 is 26.0. The van der Waals surface area contributed by atoms with Crippen LogP contribution in [0, 0.1) is 0 Å². The Balaban J connectivity index is 2.00. The number of hydrogen-bond donors (Lipinski definition) is 1. The lowest BCUT2D eigenvalue weighted by molar-refractivity contribution is -0.129. The molecule has 0 aliphatic rings. The molecule has 8 nitrogen and oxygen atoms in total. The smallest absolute Gasteiger partial charge is 0.339 e. The van der Waals surface area contributed by atoms with Crippen molar-refractivity contribution in [1.29, 1.82) is 0 Å². The Morgan fingerprint density at radius 2 is 1.48 bits per heavy atom. The summed E-state index contributed by atoms with van der Waals surface area (Å²) in [5, 5.41) is 2.73. The van der Waals surface area contributed by atoms with Crippen molar-refractivity contribution in [2.75, 3.05) is 28.4 Å². The van der Waals surface area contributed by atoms with Crippen LogP contribution in [0.3, 0.4) is 0 Å². The van der Waals surface area contributed by atoms with Crippen LogP contribution in [0.2, 0.25) is 0 Å². The summed E-state index contributed by atoms with van der Waals surface area (Å²) in [6, 6.07) is 10.2. The van der Waals surface area contributed by atoms with E-state index in [1.807, 2.05) is 12.1 Å². The van der Waals surface area contributed by atoms with Crippen LogP contribution in [0.25, 0.3) is 0 Å². The number of rotatable bonds is 9. The van der Waals surface area contributed by atoms with Crippen molar-refractivity contribution >= 4 is 11.9 Å². The monoisotopic (exact) mass is 403 g/mol. The van der Waals surface area contributed by atoms with Crippen LogP contribution in [0.5, 0.6) is 23.0 Å². The first-order valence-corrected chi connectivity index (χ1v) is 8.85. The van der Waals surface area contributed by atoms with Crippen LogP contribution in [0.4, 0.5) is 0 Å². The zero-order valence-corrected chi connectivity index (χ0v) is 17.1. The maximum atomic E-state index is 12.5. The zero-order valence-electron chi connectivity index (χ0n) is 17.1. The predicted molar refractivity (Wildman–Crippen MR) is 106 cm³/mol. The van der Waals surface area contributed by atoms with Crippen molar-refractivity contribution in [1.82, 2.24) is 5.32 Å². The van der Waals surface area contributed by atoms with Gasteiger partial charge in [0.15, 0.2) is 17.6 Å². The van der Waals surface area contributed by atoms with E-state index in [0.29, 0.717) is 23.8 Å². The fraction of sp³-hybridized carbons (Fsp3) is 0.333. The van der Waals surface area contributed by atoms with Crippen LogP contribution in [0.15, 0.2) is 36.4 Å². The van der Waals surface area contributed by atoms with Crippen LogP contribution < -0.4 is 24.3 Å². The molecule has 1 amide bonds. The summed E-state index contributed by atoms with van der Waals surface area (Å²) in [6.07, 6.45) is -0.986. The fourth-order valence-corrected chi connectivity index (χ4v) is 2.56. The van der Waals surface area contributed by atoms with Gasteiger partial charge in [0.25, 0.3) is 5.91 Å². The summed E-state index contributed by atoms with van der Waals surface area (Å²) >= 11 is 0. The van der Waals surface area contributed by atoms with Gasteiger partial charge in [0, 0.05) is 6.54 Å². The molecule has 0 radical (unpaired) electrons. The third kappa shape index (κ3) is 5.54. The molecule has 156 valence electrons. The highest BCUT2D eigenvalue weighted by Gasteiger charge is 2.22. The van der Waals surface area contributed by atoms with E-state index in [4.69, 9.17) is 23.7 Å². The molecule has 0 heterocycles. The molecule has 1 atom stereocenters. The van der Waals surface area contributed by atoms with Crippen molar-refractivity contribution in [3.8, 4) is 23.0 Å². The molecule has 0 bridgehead atoms. The number of amides is 1. The molecule has 0 aromatic heterocycles. The molecule has 2 aromatic rings. The van der Waals surface area contributed by atoms with Crippen molar-refractivity contribution in [2.24, 2.45) is 0 Å². The van der Waals surface area contributed by atoms with Gasteiger partial charge >= 0.3 is 5.97 Å². The number of benzene rings is 2.